The van der Waals surface area contributed by atoms with Gasteiger partial charge in [0.1, 0.15) is 17.0 Å². The minimum atomic E-state index is 0.660. The van der Waals surface area contributed by atoms with E-state index in [1.165, 1.54) is 12.8 Å². The van der Waals surface area contributed by atoms with E-state index in [-0.39, 0.29) is 0 Å². The van der Waals surface area contributed by atoms with Crippen LogP contribution in [0.3, 0.4) is 0 Å². The van der Waals surface area contributed by atoms with Crippen LogP contribution in [0.2, 0.25) is 0 Å². The summed E-state index contributed by atoms with van der Waals surface area (Å²) in [4.78, 5) is 16.6. The molecule has 23 heavy (non-hydrogen) atoms. The Morgan fingerprint density at radius 1 is 1.00 bits per heavy atom. The number of aromatic nitrogens is 3. The molecular formula is C17H17N5S. The normalized spacial score (nSPS) is 14.5. The summed E-state index contributed by atoms with van der Waals surface area (Å²) in [7, 11) is 0. The van der Waals surface area contributed by atoms with Crippen molar-refractivity contribution in [3.8, 4) is 0 Å². The summed E-state index contributed by atoms with van der Waals surface area (Å²) >= 11 is 1.55. The molecule has 0 atom stereocenters. The molecule has 0 bridgehead atoms. The highest BCUT2D eigenvalue weighted by atomic mass is 32.2. The fraction of sp³-hybridized carbons (Fsp3) is 0.235. The predicted molar refractivity (Wildman–Crippen MR) is 93.8 cm³/mol. The van der Waals surface area contributed by atoms with Crippen molar-refractivity contribution in [2.45, 2.75) is 22.8 Å². The van der Waals surface area contributed by atoms with Crippen molar-refractivity contribution >= 4 is 34.2 Å². The molecule has 0 saturated carbocycles. The van der Waals surface area contributed by atoms with E-state index < -0.39 is 0 Å². The average Bonchev–Trinajstić information content (AvgIpc) is 3.11. The molecule has 0 unspecified atom stereocenters. The summed E-state index contributed by atoms with van der Waals surface area (Å²) < 4.78 is 0. The van der Waals surface area contributed by atoms with Gasteiger partial charge in [-0.3, -0.25) is 4.98 Å². The number of nitrogen functional groups attached to an aromatic ring is 1. The lowest BCUT2D eigenvalue weighted by Crippen LogP contribution is -2.21. The summed E-state index contributed by atoms with van der Waals surface area (Å²) in [5, 5.41) is 1.91. The summed E-state index contributed by atoms with van der Waals surface area (Å²) in [6.45, 7) is 2.03. The first-order valence-corrected chi connectivity index (χ1v) is 8.51. The van der Waals surface area contributed by atoms with Gasteiger partial charge in [-0.2, -0.15) is 0 Å². The number of fused-ring (bicyclic) bond motifs is 1. The van der Waals surface area contributed by atoms with Gasteiger partial charge in [-0.15, -0.1) is 0 Å². The third-order valence-electron chi connectivity index (χ3n) is 4.03. The first-order chi connectivity index (χ1) is 11.3. The third-order valence-corrected chi connectivity index (χ3v) is 5.10. The Balaban J connectivity index is 1.72. The van der Waals surface area contributed by atoms with Gasteiger partial charge in [0.15, 0.2) is 5.82 Å². The van der Waals surface area contributed by atoms with E-state index in [4.69, 9.17) is 5.73 Å². The minimum absolute atomic E-state index is 0.660. The van der Waals surface area contributed by atoms with Gasteiger partial charge < -0.3 is 10.6 Å². The van der Waals surface area contributed by atoms with E-state index in [1.807, 2.05) is 18.3 Å². The lowest BCUT2D eigenvalue weighted by Gasteiger charge is -2.19. The van der Waals surface area contributed by atoms with Crippen LogP contribution in [0.25, 0.3) is 10.9 Å². The number of anilines is 2. The van der Waals surface area contributed by atoms with Crippen molar-refractivity contribution in [2.75, 3.05) is 23.7 Å². The van der Waals surface area contributed by atoms with E-state index >= 15 is 0 Å². The smallest absolute Gasteiger partial charge is 0.156 e. The van der Waals surface area contributed by atoms with E-state index in [0.717, 1.165) is 39.7 Å². The number of rotatable bonds is 3. The second-order valence-electron chi connectivity index (χ2n) is 5.54. The Morgan fingerprint density at radius 3 is 2.70 bits per heavy atom. The molecule has 116 valence electrons. The van der Waals surface area contributed by atoms with Crippen molar-refractivity contribution in [1.82, 2.24) is 15.0 Å². The molecule has 2 aromatic heterocycles. The zero-order valence-corrected chi connectivity index (χ0v) is 13.5. The molecule has 6 heteroatoms. The van der Waals surface area contributed by atoms with Crippen molar-refractivity contribution in [2.24, 2.45) is 0 Å². The Kier molecular flexibility index (Phi) is 3.75. The number of hydrogen-bond donors (Lipinski definition) is 1. The second-order valence-corrected chi connectivity index (χ2v) is 6.57. The average molecular weight is 323 g/mol. The molecule has 0 aliphatic carbocycles. The topological polar surface area (TPSA) is 67.9 Å². The van der Waals surface area contributed by atoms with Crippen LogP contribution in [0.1, 0.15) is 12.8 Å². The molecule has 4 rings (SSSR count). The predicted octanol–water partition coefficient (Wildman–Crippen LogP) is 3.36. The summed E-state index contributed by atoms with van der Waals surface area (Å²) in [5.41, 5.74) is 7.98. The van der Waals surface area contributed by atoms with Gasteiger partial charge in [-0.05, 0) is 25.0 Å². The maximum absolute atomic E-state index is 6.35. The largest absolute Gasteiger partial charge is 0.394 e. The highest BCUT2D eigenvalue weighted by molar-refractivity contribution is 7.99. The van der Waals surface area contributed by atoms with Crippen molar-refractivity contribution < 1.29 is 0 Å². The van der Waals surface area contributed by atoms with Crippen LogP contribution in [0.15, 0.2) is 52.8 Å². The van der Waals surface area contributed by atoms with Gasteiger partial charge in [0, 0.05) is 29.6 Å². The lowest BCUT2D eigenvalue weighted by atomic mass is 10.2. The Hall–Kier alpha value is -2.34. The molecule has 1 saturated heterocycles. The zero-order valence-electron chi connectivity index (χ0n) is 12.6. The maximum atomic E-state index is 6.35. The molecule has 3 aromatic rings. The summed E-state index contributed by atoms with van der Waals surface area (Å²) in [5.74, 6) is 0.855. The van der Waals surface area contributed by atoms with Crippen LogP contribution >= 0.6 is 11.8 Å². The molecule has 3 heterocycles. The fourth-order valence-corrected chi connectivity index (χ4v) is 3.82. The fourth-order valence-electron chi connectivity index (χ4n) is 2.90. The molecule has 2 N–H and O–H groups in total. The molecule has 0 amide bonds. The van der Waals surface area contributed by atoms with E-state index in [0.29, 0.717) is 5.69 Å². The van der Waals surface area contributed by atoms with Crippen LogP contribution in [-0.2, 0) is 0 Å². The minimum Gasteiger partial charge on any atom is -0.394 e. The second kappa shape index (κ2) is 6.04. The quantitative estimate of drug-likeness (QED) is 0.746. The molecule has 5 nitrogen and oxygen atoms in total. The first-order valence-electron chi connectivity index (χ1n) is 7.70. The van der Waals surface area contributed by atoms with Gasteiger partial charge in [0.05, 0.1) is 5.52 Å². The van der Waals surface area contributed by atoms with Crippen molar-refractivity contribution in [3.05, 3.63) is 42.9 Å². The monoisotopic (exact) mass is 323 g/mol. The Bertz CT molecular complexity index is 840. The zero-order chi connectivity index (χ0) is 15.6. The lowest BCUT2D eigenvalue weighted by molar-refractivity contribution is 0.913. The molecule has 0 radical (unpaired) electrons. The van der Waals surface area contributed by atoms with Crippen molar-refractivity contribution in [1.29, 1.82) is 0 Å². The highest BCUT2D eigenvalue weighted by Crippen LogP contribution is 2.37. The molecule has 1 aliphatic heterocycles. The van der Waals surface area contributed by atoms with Crippen LogP contribution < -0.4 is 10.6 Å². The highest BCUT2D eigenvalue weighted by Gasteiger charge is 2.19. The number of benzene rings is 1. The molecular weight excluding hydrogens is 306 g/mol. The van der Waals surface area contributed by atoms with E-state index in [9.17, 15) is 0 Å². The number of nitrogens with zero attached hydrogens (tertiary/aromatic N) is 4. The van der Waals surface area contributed by atoms with Gasteiger partial charge in [-0.1, -0.05) is 30.0 Å². The molecule has 1 aliphatic rings. The number of hydrogen-bond acceptors (Lipinski definition) is 6. The van der Waals surface area contributed by atoms with Crippen LogP contribution in [0.5, 0.6) is 0 Å². The van der Waals surface area contributed by atoms with Gasteiger partial charge in [0.2, 0.25) is 0 Å². The van der Waals surface area contributed by atoms with Gasteiger partial charge >= 0.3 is 0 Å². The number of para-hydroxylation sites is 1. The number of nitrogens with two attached hydrogens (primary N) is 1. The van der Waals surface area contributed by atoms with E-state index in [1.54, 1.807) is 18.1 Å². The number of pyridine rings is 1. The summed E-state index contributed by atoms with van der Waals surface area (Å²) in [6, 6.07) is 10.2. The van der Waals surface area contributed by atoms with E-state index in [2.05, 4.69) is 38.1 Å². The summed E-state index contributed by atoms with van der Waals surface area (Å²) in [6.07, 6.45) is 5.80. The Morgan fingerprint density at radius 2 is 1.83 bits per heavy atom. The standard InChI is InChI=1S/C17H17N5S/c18-14-16(22-9-1-2-10-22)20-11-21-17(14)23-13-7-3-5-12-6-4-8-19-15(12)13/h3-8,11H,1-2,9-10,18H2. The van der Waals surface area contributed by atoms with Crippen LogP contribution in [0, 0.1) is 0 Å². The SMILES string of the molecule is Nc1c(Sc2cccc3cccnc23)ncnc1N1CCCC1. The van der Waals surface area contributed by atoms with Crippen molar-refractivity contribution in [3.63, 3.8) is 0 Å². The van der Waals surface area contributed by atoms with Gasteiger partial charge in [0.25, 0.3) is 0 Å². The molecule has 0 spiro atoms. The molecule has 1 fully saturated rings. The van der Waals surface area contributed by atoms with Crippen LogP contribution in [0.4, 0.5) is 11.5 Å². The van der Waals surface area contributed by atoms with Crippen LogP contribution in [-0.4, -0.2) is 28.0 Å². The van der Waals surface area contributed by atoms with Gasteiger partial charge in [-0.25, -0.2) is 9.97 Å². The maximum Gasteiger partial charge on any atom is 0.156 e. The molecule has 1 aromatic carbocycles. The first kappa shape index (κ1) is 14.3. The Labute approximate surface area is 139 Å². The third kappa shape index (κ3) is 2.70.